The Morgan fingerprint density at radius 2 is 1.96 bits per heavy atom. The molecule has 0 amide bonds. The molecule has 0 aliphatic heterocycles. The topological polar surface area (TPSA) is 79.8 Å². The van der Waals surface area contributed by atoms with E-state index < -0.39 is 0 Å². The lowest BCUT2D eigenvalue weighted by Crippen LogP contribution is -2.14. The molecule has 0 unspecified atom stereocenters. The van der Waals surface area contributed by atoms with Crippen molar-refractivity contribution < 1.29 is 9.90 Å². The number of Topliss-reactive ketones (excluding diaryl/α,β-unsaturated/α-hetero) is 1. The fourth-order valence-electron chi connectivity index (χ4n) is 1.97. The molecule has 1 heterocycles. The molecule has 6 nitrogen and oxygen atoms in total. The zero-order valence-electron chi connectivity index (χ0n) is 13.1. The van der Waals surface area contributed by atoms with E-state index in [0.29, 0.717) is 20.5 Å². The molecule has 25 heavy (non-hydrogen) atoms. The number of halogens is 1. The predicted molar refractivity (Wildman–Crippen MR) is 97.7 cm³/mol. The summed E-state index contributed by atoms with van der Waals surface area (Å²) in [5.74, 6) is 0.0222. The molecule has 0 radical (unpaired) electrons. The molecule has 0 saturated carbocycles. The van der Waals surface area contributed by atoms with Gasteiger partial charge in [0, 0.05) is 6.92 Å². The summed E-state index contributed by atoms with van der Waals surface area (Å²) in [7, 11) is 0. The monoisotopic (exact) mass is 372 g/mol. The predicted octanol–water partition coefficient (Wildman–Crippen LogP) is 3.43. The standard InChI is InChI=1S/C17H13ClN4O2S/c1-11(23)16-21-22(15-5-3-2-4-14(15)18)17(25-16)20-19-10-12-6-8-13(24)9-7-12/h2-10,24H,1H3/b19-10+,20-17?. The first-order valence-electron chi connectivity index (χ1n) is 7.26. The second-order valence-corrected chi connectivity index (χ2v) is 6.41. The number of aromatic nitrogens is 2. The van der Waals surface area contributed by atoms with Crippen molar-refractivity contribution in [2.45, 2.75) is 6.92 Å². The highest BCUT2D eigenvalue weighted by atomic mass is 35.5. The van der Waals surface area contributed by atoms with Crippen LogP contribution in [0.25, 0.3) is 5.69 Å². The van der Waals surface area contributed by atoms with Crippen LogP contribution in [0.5, 0.6) is 5.75 Å². The maximum absolute atomic E-state index is 11.7. The maximum atomic E-state index is 11.7. The molecule has 126 valence electrons. The van der Waals surface area contributed by atoms with Gasteiger partial charge in [-0.05, 0) is 42.0 Å². The van der Waals surface area contributed by atoms with Gasteiger partial charge in [0.05, 0.1) is 16.9 Å². The number of para-hydroxylation sites is 1. The van der Waals surface area contributed by atoms with E-state index in [4.69, 9.17) is 11.6 Å². The van der Waals surface area contributed by atoms with E-state index in [2.05, 4.69) is 15.3 Å². The molecule has 0 fully saturated rings. The normalized spacial score (nSPS) is 12.0. The molecule has 0 aliphatic rings. The highest BCUT2D eigenvalue weighted by Crippen LogP contribution is 2.18. The Kier molecular flexibility index (Phi) is 5.06. The third-order valence-electron chi connectivity index (χ3n) is 3.18. The van der Waals surface area contributed by atoms with E-state index in [1.165, 1.54) is 11.6 Å². The summed E-state index contributed by atoms with van der Waals surface area (Å²) in [5.41, 5.74) is 1.40. The van der Waals surface area contributed by atoms with Crippen LogP contribution in [0.1, 0.15) is 22.3 Å². The largest absolute Gasteiger partial charge is 0.508 e. The molecular weight excluding hydrogens is 360 g/mol. The second kappa shape index (κ2) is 7.42. The number of carbonyl (C=O) groups excluding carboxylic acids is 1. The molecule has 8 heteroatoms. The van der Waals surface area contributed by atoms with Gasteiger partial charge in [-0.25, -0.2) is 4.68 Å². The number of rotatable bonds is 4. The Labute approximate surface area is 152 Å². The van der Waals surface area contributed by atoms with Crippen molar-refractivity contribution in [3.05, 3.63) is 68.9 Å². The van der Waals surface area contributed by atoms with Gasteiger partial charge in [-0.15, -0.1) is 5.10 Å². The molecule has 0 atom stereocenters. The molecule has 0 aliphatic carbocycles. The number of hydrogen-bond donors (Lipinski definition) is 1. The van der Waals surface area contributed by atoms with Crippen molar-refractivity contribution in [3.63, 3.8) is 0 Å². The van der Waals surface area contributed by atoms with Crippen LogP contribution in [0.15, 0.2) is 58.7 Å². The zero-order valence-corrected chi connectivity index (χ0v) is 14.7. The van der Waals surface area contributed by atoms with Crippen LogP contribution < -0.4 is 4.80 Å². The van der Waals surface area contributed by atoms with E-state index >= 15 is 0 Å². The molecule has 1 N–H and O–H groups in total. The molecule has 0 bridgehead atoms. The van der Waals surface area contributed by atoms with Gasteiger partial charge in [0.25, 0.3) is 0 Å². The smallest absolute Gasteiger partial charge is 0.233 e. The van der Waals surface area contributed by atoms with Crippen molar-refractivity contribution in [2.75, 3.05) is 0 Å². The third-order valence-corrected chi connectivity index (χ3v) is 4.50. The van der Waals surface area contributed by atoms with Crippen molar-refractivity contribution in [1.29, 1.82) is 0 Å². The Morgan fingerprint density at radius 1 is 1.24 bits per heavy atom. The molecule has 3 rings (SSSR count). The highest BCUT2D eigenvalue weighted by Gasteiger charge is 2.12. The van der Waals surface area contributed by atoms with Crippen LogP contribution in [0.3, 0.4) is 0 Å². The minimum absolute atomic E-state index is 0.158. The lowest BCUT2D eigenvalue weighted by atomic mass is 10.2. The fourth-order valence-corrected chi connectivity index (χ4v) is 2.94. The van der Waals surface area contributed by atoms with Crippen LogP contribution in [-0.4, -0.2) is 26.9 Å². The van der Waals surface area contributed by atoms with E-state index in [1.807, 2.05) is 12.1 Å². The average molecular weight is 373 g/mol. The summed E-state index contributed by atoms with van der Waals surface area (Å²) >= 11 is 7.35. The number of carbonyl (C=O) groups is 1. The summed E-state index contributed by atoms with van der Waals surface area (Å²) in [4.78, 5) is 12.1. The van der Waals surface area contributed by atoms with Gasteiger partial charge in [0.15, 0.2) is 10.8 Å². The van der Waals surface area contributed by atoms with Crippen molar-refractivity contribution >= 4 is 34.9 Å². The minimum atomic E-state index is -0.158. The van der Waals surface area contributed by atoms with Crippen LogP contribution in [0, 0.1) is 0 Å². The van der Waals surface area contributed by atoms with Crippen molar-refractivity contribution in [3.8, 4) is 11.4 Å². The third kappa shape index (κ3) is 4.01. The van der Waals surface area contributed by atoms with Gasteiger partial charge in [-0.2, -0.15) is 10.2 Å². The molecule has 1 aromatic heterocycles. The summed E-state index contributed by atoms with van der Waals surface area (Å²) in [5, 5.41) is 22.6. The summed E-state index contributed by atoms with van der Waals surface area (Å²) in [6.07, 6.45) is 1.55. The Balaban J connectivity index is 2.04. The van der Waals surface area contributed by atoms with Crippen LogP contribution in [0.2, 0.25) is 5.02 Å². The van der Waals surface area contributed by atoms with Crippen molar-refractivity contribution in [1.82, 2.24) is 9.78 Å². The summed E-state index contributed by atoms with van der Waals surface area (Å²) in [6, 6.07) is 13.7. The quantitative estimate of drug-likeness (QED) is 0.433. The average Bonchev–Trinajstić information content (AvgIpc) is 3.01. The number of phenolic OH excluding ortho intramolecular Hbond substituents is 1. The lowest BCUT2D eigenvalue weighted by Gasteiger charge is -2.02. The first-order valence-corrected chi connectivity index (χ1v) is 8.46. The summed E-state index contributed by atoms with van der Waals surface area (Å²) in [6.45, 7) is 1.44. The minimum Gasteiger partial charge on any atom is -0.508 e. The van der Waals surface area contributed by atoms with Gasteiger partial charge in [0.2, 0.25) is 4.80 Å². The first kappa shape index (κ1) is 17.1. The van der Waals surface area contributed by atoms with E-state index in [-0.39, 0.29) is 11.5 Å². The SMILES string of the molecule is CC(=O)c1nn(-c2ccccc2Cl)c(=N/N=C/c2ccc(O)cc2)s1. The number of hydrogen-bond acceptors (Lipinski definition) is 6. The van der Waals surface area contributed by atoms with E-state index in [9.17, 15) is 9.90 Å². The van der Waals surface area contributed by atoms with Gasteiger partial charge in [0.1, 0.15) is 5.75 Å². The molecule has 2 aromatic carbocycles. The number of aromatic hydroxyl groups is 1. The fraction of sp³-hybridized carbons (Fsp3) is 0.0588. The van der Waals surface area contributed by atoms with Crippen molar-refractivity contribution in [2.24, 2.45) is 10.2 Å². The van der Waals surface area contributed by atoms with Gasteiger partial charge in [-0.1, -0.05) is 35.1 Å². The highest BCUT2D eigenvalue weighted by molar-refractivity contribution is 7.11. The Hall–Kier alpha value is -2.77. The zero-order chi connectivity index (χ0) is 17.8. The molecule has 3 aromatic rings. The van der Waals surface area contributed by atoms with E-state index in [1.54, 1.807) is 42.6 Å². The number of benzene rings is 2. The van der Waals surface area contributed by atoms with Crippen LogP contribution in [-0.2, 0) is 0 Å². The second-order valence-electron chi connectivity index (χ2n) is 5.05. The maximum Gasteiger partial charge on any atom is 0.233 e. The summed E-state index contributed by atoms with van der Waals surface area (Å²) < 4.78 is 1.50. The lowest BCUT2D eigenvalue weighted by molar-refractivity contribution is 0.101. The number of nitrogens with zero attached hydrogens (tertiary/aromatic N) is 4. The molecular formula is C17H13ClN4O2S. The Bertz CT molecular complexity index is 1010. The number of phenols is 1. The van der Waals surface area contributed by atoms with Gasteiger partial charge >= 0.3 is 0 Å². The molecule has 0 saturated heterocycles. The van der Waals surface area contributed by atoms with Gasteiger partial charge < -0.3 is 5.11 Å². The van der Waals surface area contributed by atoms with Crippen LogP contribution >= 0.6 is 22.9 Å². The van der Waals surface area contributed by atoms with Gasteiger partial charge in [-0.3, -0.25) is 4.79 Å². The first-order chi connectivity index (χ1) is 12.0. The number of ketones is 1. The molecule has 0 spiro atoms. The van der Waals surface area contributed by atoms with E-state index in [0.717, 1.165) is 16.9 Å². The van der Waals surface area contributed by atoms with Crippen LogP contribution in [0.4, 0.5) is 0 Å². The Morgan fingerprint density at radius 3 is 2.64 bits per heavy atom.